The summed E-state index contributed by atoms with van der Waals surface area (Å²) in [5.41, 5.74) is 0. The number of nitrogens with one attached hydrogen (secondary N) is 2. The van der Waals surface area contributed by atoms with Gasteiger partial charge in [0.05, 0.1) is 6.20 Å². The highest BCUT2D eigenvalue weighted by molar-refractivity contribution is 7.89. The smallest absolute Gasteiger partial charge is 0.257 e. The molecule has 0 unspecified atom stereocenters. The van der Waals surface area contributed by atoms with E-state index in [9.17, 15) is 8.42 Å². The van der Waals surface area contributed by atoms with E-state index in [1.807, 2.05) is 0 Å². The van der Waals surface area contributed by atoms with Crippen LogP contribution in [0.5, 0.6) is 0 Å². The molecule has 2 heterocycles. The minimum atomic E-state index is -3.42. The van der Waals surface area contributed by atoms with Crippen molar-refractivity contribution in [3.05, 3.63) is 12.3 Å². The largest absolute Gasteiger partial charge is 0.315 e. The molecule has 2 rings (SSSR count). The van der Waals surface area contributed by atoms with Crippen molar-refractivity contribution in [3.8, 4) is 0 Å². The van der Waals surface area contributed by atoms with E-state index in [4.69, 9.17) is 0 Å². The maximum Gasteiger partial charge on any atom is 0.257 e. The SMILES string of the molecule is Cn1nccc1S(=O)(=O)N[C@@H]1CCNC1. The van der Waals surface area contributed by atoms with Crippen LogP contribution in [0.25, 0.3) is 0 Å². The van der Waals surface area contributed by atoms with Crippen LogP contribution in [0.3, 0.4) is 0 Å². The summed E-state index contributed by atoms with van der Waals surface area (Å²) in [6.45, 7) is 1.55. The average molecular weight is 230 g/mol. The molecule has 2 N–H and O–H groups in total. The average Bonchev–Trinajstić information content (AvgIpc) is 2.75. The summed E-state index contributed by atoms with van der Waals surface area (Å²) in [6, 6.07) is 1.48. The second-order valence-electron chi connectivity index (χ2n) is 3.60. The first-order chi connectivity index (χ1) is 7.09. The van der Waals surface area contributed by atoms with Gasteiger partial charge in [-0.25, -0.2) is 13.1 Å². The van der Waals surface area contributed by atoms with E-state index in [1.165, 1.54) is 16.9 Å². The molecule has 1 saturated heterocycles. The van der Waals surface area contributed by atoms with Crippen molar-refractivity contribution in [3.63, 3.8) is 0 Å². The first kappa shape index (κ1) is 10.6. The van der Waals surface area contributed by atoms with Crippen LogP contribution in [0.1, 0.15) is 6.42 Å². The summed E-state index contributed by atoms with van der Waals surface area (Å²) < 4.78 is 27.7. The van der Waals surface area contributed by atoms with Crippen LogP contribution in [0.2, 0.25) is 0 Å². The van der Waals surface area contributed by atoms with Gasteiger partial charge in [-0.2, -0.15) is 5.10 Å². The summed E-state index contributed by atoms with van der Waals surface area (Å²) in [5.74, 6) is 0. The van der Waals surface area contributed by atoms with Crippen molar-refractivity contribution in [1.29, 1.82) is 0 Å². The fourth-order valence-corrected chi connectivity index (χ4v) is 3.06. The number of sulfonamides is 1. The van der Waals surface area contributed by atoms with Gasteiger partial charge in [-0.3, -0.25) is 4.68 Å². The van der Waals surface area contributed by atoms with Gasteiger partial charge in [0, 0.05) is 19.6 Å². The van der Waals surface area contributed by atoms with E-state index in [0.29, 0.717) is 6.54 Å². The van der Waals surface area contributed by atoms with Crippen LogP contribution in [0.15, 0.2) is 17.3 Å². The number of nitrogens with zero attached hydrogens (tertiary/aromatic N) is 2. The van der Waals surface area contributed by atoms with Gasteiger partial charge < -0.3 is 5.32 Å². The predicted octanol–water partition coefficient (Wildman–Crippen LogP) is -0.940. The lowest BCUT2D eigenvalue weighted by atomic mass is 10.3. The molecule has 0 aromatic carbocycles. The molecule has 1 fully saturated rings. The Bertz CT molecular complexity index is 433. The quantitative estimate of drug-likeness (QED) is 0.702. The van der Waals surface area contributed by atoms with Crippen LogP contribution in [-0.4, -0.2) is 37.3 Å². The third-order valence-electron chi connectivity index (χ3n) is 2.43. The van der Waals surface area contributed by atoms with Gasteiger partial charge in [0.1, 0.15) is 0 Å². The summed E-state index contributed by atoms with van der Waals surface area (Å²) in [4.78, 5) is 0. The Balaban J connectivity index is 2.16. The van der Waals surface area contributed by atoms with E-state index in [1.54, 1.807) is 7.05 Å². The molecular weight excluding hydrogens is 216 g/mol. The highest BCUT2D eigenvalue weighted by Gasteiger charge is 2.24. The van der Waals surface area contributed by atoms with Crippen molar-refractivity contribution in [2.45, 2.75) is 17.5 Å². The van der Waals surface area contributed by atoms with Crippen LogP contribution in [0.4, 0.5) is 0 Å². The van der Waals surface area contributed by atoms with Crippen molar-refractivity contribution in [2.75, 3.05) is 13.1 Å². The monoisotopic (exact) mass is 230 g/mol. The number of aromatic nitrogens is 2. The van der Waals surface area contributed by atoms with E-state index in [-0.39, 0.29) is 11.1 Å². The summed E-state index contributed by atoms with van der Waals surface area (Å²) in [7, 11) is -1.81. The molecule has 1 aromatic rings. The zero-order valence-electron chi connectivity index (χ0n) is 8.47. The highest BCUT2D eigenvalue weighted by Crippen LogP contribution is 2.08. The Labute approximate surface area is 88.7 Å². The maximum atomic E-state index is 11.9. The Morgan fingerprint density at radius 3 is 3.00 bits per heavy atom. The Kier molecular flexibility index (Phi) is 2.76. The van der Waals surface area contributed by atoms with Crippen LogP contribution >= 0.6 is 0 Å². The fourth-order valence-electron chi connectivity index (χ4n) is 1.66. The zero-order chi connectivity index (χ0) is 10.9. The minimum absolute atomic E-state index is 0.00935. The molecule has 1 aliphatic heterocycles. The molecule has 1 atom stereocenters. The Morgan fingerprint density at radius 2 is 2.47 bits per heavy atom. The predicted molar refractivity (Wildman–Crippen MR) is 54.8 cm³/mol. The molecule has 15 heavy (non-hydrogen) atoms. The van der Waals surface area contributed by atoms with Gasteiger partial charge in [0.15, 0.2) is 5.03 Å². The topological polar surface area (TPSA) is 76.0 Å². The van der Waals surface area contributed by atoms with E-state index in [0.717, 1.165) is 13.0 Å². The molecule has 0 amide bonds. The van der Waals surface area contributed by atoms with E-state index < -0.39 is 10.0 Å². The molecule has 0 radical (unpaired) electrons. The molecule has 0 aliphatic carbocycles. The first-order valence-corrected chi connectivity index (χ1v) is 6.29. The van der Waals surface area contributed by atoms with E-state index in [2.05, 4.69) is 15.1 Å². The van der Waals surface area contributed by atoms with Gasteiger partial charge in [0.25, 0.3) is 10.0 Å². The van der Waals surface area contributed by atoms with E-state index >= 15 is 0 Å². The van der Waals surface area contributed by atoms with Crippen LogP contribution < -0.4 is 10.0 Å². The molecule has 0 bridgehead atoms. The molecule has 0 spiro atoms. The number of rotatable bonds is 3. The van der Waals surface area contributed by atoms with Gasteiger partial charge in [0.2, 0.25) is 0 Å². The van der Waals surface area contributed by atoms with Crippen molar-refractivity contribution >= 4 is 10.0 Å². The minimum Gasteiger partial charge on any atom is -0.315 e. The lowest BCUT2D eigenvalue weighted by Crippen LogP contribution is -2.37. The second kappa shape index (κ2) is 3.92. The fraction of sp³-hybridized carbons (Fsp3) is 0.625. The van der Waals surface area contributed by atoms with Crippen molar-refractivity contribution in [2.24, 2.45) is 7.05 Å². The first-order valence-electron chi connectivity index (χ1n) is 4.80. The molecule has 7 heteroatoms. The normalized spacial score (nSPS) is 22.1. The summed E-state index contributed by atoms with van der Waals surface area (Å²) >= 11 is 0. The van der Waals surface area contributed by atoms with Crippen LogP contribution in [-0.2, 0) is 17.1 Å². The third kappa shape index (κ3) is 2.19. The molecular formula is C8H14N4O2S. The number of aryl methyl sites for hydroxylation is 1. The number of hydrogen-bond donors (Lipinski definition) is 2. The van der Waals surface area contributed by atoms with Gasteiger partial charge >= 0.3 is 0 Å². The molecule has 1 aliphatic rings. The van der Waals surface area contributed by atoms with Gasteiger partial charge in [-0.1, -0.05) is 0 Å². The molecule has 0 saturated carbocycles. The van der Waals surface area contributed by atoms with Gasteiger partial charge in [-0.05, 0) is 19.0 Å². The lowest BCUT2D eigenvalue weighted by Gasteiger charge is -2.11. The second-order valence-corrected chi connectivity index (χ2v) is 5.26. The van der Waals surface area contributed by atoms with Crippen molar-refractivity contribution < 1.29 is 8.42 Å². The highest BCUT2D eigenvalue weighted by atomic mass is 32.2. The molecule has 1 aromatic heterocycles. The standard InChI is InChI=1S/C8H14N4O2S/c1-12-8(3-5-10-12)15(13,14)11-7-2-4-9-6-7/h3,5,7,9,11H,2,4,6H2,1H3/t7-/m1/s1. The summed E-state index contributed by atoms with van der Waals surface area (Å²) in [5, 5.41) is 7.15. The lowest BCUT2D eigenvalue weighted by molar-refractivity contribution is 0.544. The third-order valence-corrected chi connectivity index (χ3v) is 4.03. The van der Waals surface area contributed by atoms with Gasteiger partial charge in [-0.15, -0.1) is 0 Å². The zero-order valence-corrected chi connectivity index (χ0v) is 9.29. The van der Waals surface area contributed by atoms with Crippen LogP contribution in [0, 0.1) is 0 Å². The molecule has 6 nitrogen and oxygen atoms in total. The van der Waals surface area contributed by atoms with Crippen molar-refractivity contribution in [1.82, 2.24) is 19.8 Å². The Morgan fingerprint density at radius 1 is 1.67 bits per heavy atom. The maximum absolute atomic E-state index is 11.9. The Hall–Kier alpha value is -0.920. The molecule has 84 valence electrons. The number of hydrogen-bond acceptors (Lipinski definition) is 4. The summed E-state index contributed by atoms with van der Waals surface area (Å²) in [6.07, 6.45) is 2.30.